The number of para-hydroxylation sites is 1. The van der Waals surface area contributed by atoms with Crippen molar-refractivity contribution >= 4 is 29.6 Å². The van der Waals surface area contributed by atoms with Crippen molar-refractivity contribution in [3.63, 3.8) is 0 Å². The lowest BCUT2D eigenvalue weighted by molar-refractivity contribution is -0.144. The molecular formula is C18H24N4O6. The normalized spacial score (nSPS) is 16.8. The first kappa shape index (κ1) is 21.0. The average Bonchev–Trinajstić information content (AvgIpc) is 3.16. The van der Waals surface area contributed by atoms with E-state index in [2.05, 4.69) is 16.2 Å². The summed E-state index contributed by atoms with van der Waals surface area (Å²) < 4.78 is 4.85. The number of ether oxygens (including phenoxy) is 1. The van der Waals surface area contributed by atoms with Crippen LogP contribution in [0.1, 0.15) is 37.0 Å². The van der Waals surface area contributed by atoms with Crippen molar-refractivity contribution in [3.05, 3.63) is 29.8 Å². The van der Waals surface area contributed by atoms with E-state index in [9.17, 15) is 24.3 Å². The van der Waals surface area contributed by atoms with E-state index in [0.29, 0.717) is 19.4 Å². The van der Waals surface area contributed by atoms with Crippen molar-refractivity contribution in [2.45, 2.75) is 38.8 Å². The number of carbonyl (C=O) groups excluding carboxylic acids is 3. The van der Waals surface area contributed by atoms with Gasteiger partial charge in [0, 0.05) is 6.54 Å². The number of nitrogens with zero attached hydrogens (tertiary/aromatic N) is 1. The first-order valence-electron chi connectivity index (χ1n) is 8.97. The molecule has 0 aliphatic carbocycles. The number of urea groups is 1. The Kier molecular flexibility index (Phi) is 7.19. The molecular weight excluding hydrogens is 368 g/mol. The molecule has 0 radical (unpaired) electrons. The number of carboxylic acids is 1. The minimum Gasteiger partial charge on any atom is -0.478 e. The number of carboxylic acid groups (broad SMARTS) is 1. The minimum atomic E-state index is -1.13. The molecule has 1 aromatic carbocycles. The lowest BCUT2D eigenvalue weighted by Gasteiger charge is -2.26. The number of benzene rings is 1. The Morgan fingerprint density at radius 1 is 1.29 bits per heavy atom. The molecule has 0 saturated carbocycles. The highest BCUT2D eigenvalue weighted by Gasteiger charge is 2.35. The zero-order chi connectivity index (χ0) is 20.7. The van der Waals surface area contributed by atoms with Gasteiger partial charge in [-0.25, -0.2) is 14.4 Å². The third-order valence-electron chi connectivity index (χ3n) is 4.27. The van der Waals surface area contributed by atoms with Crippen LogP contribution in [0.2, 0.25) is 0 Å². The SMILES string of the molecule is CCOC(=O)C(C)NC(=O)N1CCC[C@H]1C(=O)NNc1ccccc1C(=O)O. The molecule has 10 nitrogen and oxygen atoms in total. The first-order chi connectivity index (χ1) is 13.3. The fraction of sp³-hybridized carbons (Fsp3) is 0.444. The second kappa shape index (κ2) is 9.58. The third kappa shape index (κ3) is 5.12. The smallest absolute Gasteiger partial charge is 0.337 e. The first-order valence-corrected chi connectivity index (χ1v) is 8.97. The largest absolute Gasteiger partial charge is 0.478 e. The standard InChI is InChI=1S/C18H24N4O6/c1-3-28-17(26)11(2)19-18(27)22-10-6-9-14(22)15(23)21-20-13-8-5-4-7-12(13)16(24)25/h4-5,7-8,11,14,20H,3,6,9-10H2,1-2H3,(H,19,27)(H,21,23)(H,24,25)/t11?,14-/m0/s1. The highest BCUT2D eigenvalue weighted by atomic mass is 16.5. The number of carbonyl (C=O) groups is 4. The lowest BCUT2D eigenvalue weighted by atomic mass is 10.2. The summed E-state index contributed by atoms with van der Waals surface area (Å²) in [6, 6.07) is 4.02. The van der Waals surface area contributed by atoms with Crippen LogP contribution in [-0.2, 0) is 14.3 Å². The summed E-state index contributed by atoms with van der Waals surface area (Å²) in [6.45, 7) is 3.75. The zero-order valence-corrected chi connectivity index (χ0v) is 15.7. The zero-order valence-electron chi connectivity index (χ0n) is 15.7. The molecule has 3 amide bonds. The van der Waals surface area contributed by atoms with Gasteiger partial charge in [-0.2, -0.15) is 0 Å². The molecule has 0 aromatic heterocycles. The van der Waals surface area contributed by atoms with E-state index in [1.54, 1.807) is 19.1 Å². The number of rotatable bonds is 7. The van der Waals surface area contributed by atoms with E-state index in [1.807, 2.05) is 0 Å². The van der Waals surface area contributed by atoms with E-state index < -0.39 is 36.0 Å². The van der Waals surface area contributed by atoms with Gasteiger partial charge >= 0.3 is 18.0 Å². The molecule has 1 unspecified atom stereocenters. The summed E-state index contributed by atoms with van der Waals surface area (Å²) in [7, 11) is 0. The van der Waals surface area contributed by atoms with Gasteiger partial charge in [0.2, 0.25) is 0 Å². The van der Waals surface area contributed by atoms with Gasteiger partial charge < -0.3 is 20.1 Å². The molecule has 2 rings (SSSR count). The minimum absolute atomic E-state index is 0.00656. The Bertz CT molecular complexity index is 753. The summed E-state index contributed by atoms with van der Waals surface area (Å²) in [5, 5.41) is 11.7. The molecule has 1 aliphatic rings. The molecule has 0 spiro atoms. The average molecular weight is 392 g/mol. The van der Waals surface area contributed by atoms with E-state index in [1.165, 1.54) is 24.0 Å². The monoisotopic (exact) mass is 392 g/mol. The Morgan fingerprint density at radius 3 is 2.68 bits per heavy atom. The summed E-state index contributed by atoms with van der Waals surface area (Å²) in [4.78, 5) is 49.2. The van der Waals surface area contributed by atoms with Crippen molar-refractivity contribution in [1.29, 1.82) is 0 Å². The number of amides is 3. The predicted molar refractivity (Wildman–Crippen MR) is 99.5 cm³/mol. The molecule has 1 fully saturated rings. The fourth-order valence-corrected chi connectivity index (χ4v) is 2.87. The van der Waals surface area contributed by atoms with Gasteiger partial charge in [0.05, 0.1) is 17.9 Å². The van der Waals surface area contributed by atoms with Crippen LogP contribution in [0.15, 0.2) is 24.3 Å². The van der Waals surface area contributed by atoms with Crippen LogP contribution in [-0.4, -0.2) is 59.1 Å². The van der Waals surface area contributed by atoms with E-state index >= 15 is 0 Å². The van der Waals surface area contributed by atoms with Crippen LogP contribution in [0.3, 0.4) is 0 Å². The maximum atomic E-state index is 12.5. The molecule has 4 N–H and O–H groups in total. The molecule has 1 aromatic rings. The van der Waals surface area contributed by atoms with Gasteiger partial charge in [0.1, 0.15) is 12.1 Å². The van der Waals surface area contributed by atoms with Crippen molar-refractivity contribution in [1.82, 2.24) is 15.6 Å². The lowest BCUT2D eigenvalue weighted by Crippen LogP contribution is -2.53. The van der Waals surface area contributed by atoms with Crippen LogP contribution in [0, 0.1) is 0 Å². The quantitative estimate of drug-likeness (QED) is 0.400. The van der Waals surface area contributed by atoms with E-state index in [-0.39, 0.29) is 17.9 Å². The third-order valence-corrected chi connectivity index (χ3v) is 4.27. The number of likely N-dealkylation sites (tertiary alicyclic amines) is 1. The van der Waals surface area contributed by atoms with Gasteiger partial charge in [-0.05, 0) is 38.8 Å². The molecule has 0 bridgehead atoms. The van der Waals surface area contributed by atoms with Crippen molar-refractivity contribution in [3.8, 4) is 0 Å². The number of esters is 1. The van der Waals surface area contributed by atoms with Gasteiger partial charge in [-0.3, -0.25) is 15.6 Å². The number of hydrogen-bond acceptors (Lipinski definition) is 6. The van der Waals surface area contributed by atoms with Gasteiger partial charge in [-0.15, -0.1) is 0 Å². The van der Waals surface area contributed by atoms with Crippen molar-refractivity contribution in [2.75, 3.05) is 18.6 Å². The Balaban J connectivity index is 1.96. The summed E-state index contributed by atoms with van der Waals surface area (Å²) in [5.74, 6) is -2.16. The Hall–Kier alpha value is -3.30. The van der Waals surface area contributed by atoms with Crippen LogP contribution in [0.5, 0.6) is 0 Å². The summed E-state index contributed by atoms with van der Waals surface area (Å²) in [6.07, 6.45) is 1.08. The second-order valence-electron chi connectivity index (χ2n) is 6.24. The molecule has 1 aliphatic heterocycles. The van der Waals surface area contributed by atoms with Crippen LogP contribution in [0.25, 0.3) is 0 Å². The molecule has 152 valence electrons. The van der Waals surface area contributed by atoms with Crippen LogP contribution < -0.4 is 16.2 Å². The van der Waals surface area contributed by atoms with E-state index in [4.69, 9.17) is 4.74 Å². The number of nitrogens with one attached hydrogen (secondary N) is 3. The maximum Gasteiger partial charge on any atom is 0.337 e. The fourth-order valence-electron chi connectivity index (χ4n) is 2.87. The second-order valence-corrected chi connectivity index (χ2v) is 6.24. The number of hydrogen-bond donors (Lipinski definition) is 4. The van der Waals surface area contributed by atoms with Crippen LogP contribution in [0.4, 0.5) is 10.5 Å². The molecule has 1 heterocycles. The molecule has 28 heavy (non-hydrogen) atoms. The highest BCUT2D eigenvalue weighted by Crippen LogP contribution is 2.18. The molecule has 10 heteroatoms. The summed E-state index contributed by atoms with van der Waals surface area (Å²) in [5.41, 5.74) is 5.28. The van der Waals surface area contributed by atoms with Crippen LogP contribution >= 0.6 is 0 Å². The number of anilines is 1. The Labute approximate surface area is 162 Å². The number of aromatic carboxylic acids is 1. The van der Waals surface area contributed by atoms with E-state index in [0.717, 1.165) is 0 Å². The molecule has 2 atom stereocenters. The number of hydrazine groups is 1. The van der Waals surface area contributed by atoms with Crippen molar-refractivity contribution < 1.29 is 29.0 Å². The Morgan fingerprint density at radius 2 is 2.00 bits per heavy atom. The highest BCUT2D eigenvalue weighted by molar-refractivity contribution is 5.95. The maximum absolute atomic E-state index is 12.5. The van der Waals surface area contributed by atoms with Gasteiger partial charge in [-0.1, -0.05) is 12.1 Å². The van der Waals surface area contributed by atoms with Gasteiger partial charge in [0.25, 0.3) is 5.91 Å². The van der Waals surface area contributed by atoms with Gasteiger partial charge in [0.15, 0.2) is 0 Å². The topological polar surface area (TPSA) is 137 Å². The predicted octanol–water partition coefficient (Wildman–Crippen LogP) is 0.954. The summed E-state index contributed by atoms with van der Waals surface area (Å²) >= 11 is 0. The molecule has 1 saturated heterocycles. The van der Waals surface area contributed by atoms with Crippen molar-refractivity contribution in [2.24, 2.45) is 0 Å².